The summed E-state index contributed by atoms with van der Waals surface area (Å²) in [4.78, 5) is 26.7. The third kappa shape index (κ3) is 4.91. The summed E-state index contributed by atoms with van der Waals surface area (Å²) in [5, 5.41) is 2.87. The molecule has 2 amide bonds. The molecule has 1 aliphatic heterocycles. The molecule has 5 heteroatoms. The predicted molar refractivity (Wildman–Crippen MR) is 110 cm³/mol. The van der Waals surface area contributed by atoms with Crippen molar-refractivity contribution in [3.63, 3.8) is 0 Å². The summed E-state index contributed by atoms with van der Waals surface area (Å²) in [6, 6.07) is 15.0. The van der Waals surface area contributed by atoms with Gasteiger partial charge in [0.1, 0.15) is 12.4 Å². The first-order valence-corrected chi connectivity index (χ1v) is 9.85. The van der Waals surface area contributed by atoms with Gasteiger partial charge in [0.05, 0.1) is 6.04 Å². The molecule has 1 aliphatic rings. The first-order valence-electron chi connectivity index (χ1n) is 9.85. The molecule has 0 unspecified atom stereocenters. The Morgan fingerprint density at radius 2 is 1.71 bits per heavy atom. The van der Waals surface area contributed by atoms with Gasteiger partial charge in [-0.25, -0.2) is 0 Å². The van der Waals surface area contributed by atoms with Crippen LogP contribution in [0.1, 0.15) is 53.0 Å². The van der Waals surface area contributed by atoms with E-state index in [9.17, 15) is 9.59 Å². The molecule has 5 nitrogen and oxygen atoms in total. The summed E-state index contributed by atoms with van der Waals surface area (Å²) in [6.07, 6.45) is 1.92. The van der Waals surface area contributed by atoms with E-state index >= 15 is 0 Å². The van der Waals surface area contributed by atoms with E-state index < -0.39 is 0 Å². The first-order chi connectivity index (χ1) is 13.4. The molecule has 148 valence electrons. The van der Waals surface area contributed by atoms with Gasteiger partial charge in [0.25, 0.3) is 11.8 Å². The zero-order chi connectivity index (χ0) is 20.1. The smallest absolute Gasteiger partial charge is 0.254 e. The molecule has 1 saturated heterocycles. The summed E-state index contributed by atoms with van der Waals surface area (Å²) in [7, 11) is 0. The molecule has 0 aromatic heterocycles. The maximum atomic E-state index is 12.8. The number of hydrogen-bond donors (Lipinski definition) is 1. The number of rotatable bonds is 6. The summed E-state index contributed by atoms with van der Waals surface area (Å²) in [6.45, 7) is 7.09. The number of benzene rings is 2. The fourth-order valence-electron chi connectivity index (χ4n) is 3.38. The Balaban J connectivity index is 1.58. The molecular weight excluding hydrogens is 352 g/mol. The highest BCUT2D eigenvalue weighted by Crippen LogP contribution is 2.22. The second kappa shape index (κ2) is 8.91. The molecular formula is C23H28N2O3. The van der Waals surface area contributed by atoms with Gasteiger partial charge in [-0.3, -0.25) is 9.59 Å². The largest absolute Gasteiger partial charge is 0.491 e. The Labute approximate surface area is 166 Å². The van der Waals surface area contributed by atoms with Gasteiger partial charge in [0.15, 0.2) is 0 Å². The summed E-state index contributed by atoms with van der Waals surface area (Å²) >= 11 is 0. The van der Waals surface area contributed by atoms with E-state index in [1.807, 2.05) is 49.9 Å². The standard InChI is InChI=1S/C23H28N2O3/c1-16(2)24-22(26)18-10-12-21(13-11-18)28-15-20-5-4-14-25(20)23(27)19-8-6-17(3)7-9-19/h6-13,16,20H,4-5,14-15H2,1-3H3,(H,24,26)/t20-/m1/s1. The second-order valence-electron chi connectivity index (χ2n) is 7.62. The highest BCUT2D eigenvalue weighted by molar-refractivity contribution is 5.95. The van der Waals surface area contributed by atoms with Crippen LogP contribution in [0.4, 0.5) is 0 Å². The zero-order valence-corrected chi connectivity index (χ0v) is 16.8. The highest BCUT2D eigenvalue weighted by atomic mass is 16.5. The van der Waals surface area contributed by atoms with Gasteiger partial charge < -0.3 is 15.0 Å². The van der Waals surface area contributed by atoms with Crippen molar-refractivity contribution in [3.05, 3.63) is 65.2 Å². The number of carbonyl (C=O) groups excluding carboxylic acids is 2. The van der Waals surface area contributed by atoms with E-state index in [4.69, 9.17) is 4.74 Å². The van der Waals surface area contributed by atoms with E-state index in [2.05, 4.69) is 5.32 Å². The number of amides is 2. The Bertz CT molecular complexity index is 813. The average molecular weight is 380 g/mol. The molecule has 1 N–H and O–H groups in total. The Morgan fingerprint density at radius 3 is 2.36 bits per heavy atom. The van der Waals surface area contributed by atoms with Crippen LogP contribution in [0.5, 0.6) is 5.75 Å². The van der Waals surface area contributed by atoms with Crippen molar-refractivity contribution >= 4 is 11.8 Å². The number of hydrogen-bond acceptors (Lipinski definition) is 3. The second-order valence-corrected chi connectivity index (χ2v) is 7.62. The normalized spacial score (nSPS) is 16.3. The highest BCUT2D eigenvalue weighted by Gasteiger charge is 2.29. The number of likely N-dealkylation sites (tertiary alicyclic amines) is 1. The fraction of sp³-hybridized carbons (Fsp3) is 0.391. The van der Waals surface area contributed by atoms with Crippen molar-refractivity contribution in [2.45, 2.75) is 45.7 Å². The molecule has 2 aromatic rings. The maximum absolute atomic E-state index is 12.8. The molecule has 1 atom stereocenters. The van der Waals surface area contributed by atoms with Crippen LogP contribution in [0.25, 0.3) is 0 Å². The van der Waals surface area contributed by atoms with Crippen molar-refractivity contribution in [3.8, 4) is 5.75 Å². The van der Waals surface area contributed by atoms with Crippen LogP contribution in [0, 0.1) is 6.92 Å². The third-order valence-electron chi connectivity index (χ3n) is 4.92. The lowest BCUT2D eigenvalue weighted by atomic mass is 10.1. The fourth-order valence-corrected chi connectivity index (χ4v) is 3.38. The maximum Gasteiger partial charge on any atom is 0.254 e. The molecule has 3 rings (SSSR count). The predicted octanol–water partition coefficient (Wildman–Crippen LogP) is 3.82. The van der Waals surface area contributed by atoms with Crippen molar-refractivity contribution < 1.29 is 14.3 Å². The minimum Gasteiger partial charge on any atom is -0.491 e. The van der Waals surface area contributed by atoms with Crippen LogP contribution in [0.15, 0.2) is 48.5 Å². The van der Waals surface area contributed by atoms with Gasteiger partial charge in [-0.15, -0.1) is 0 Å². The minimum absolute atomic E-state index is 0.0619. The van der Waals surface area contributed by atoms with Crippen molar-refractivity contribution in [1.82, 2.24) is 10.2 Å². The zero-order valence-electron chi connectivity index (χ0n) is 16.8. The van der Waals surface area contributed by atoms with Gasteiger partial charge in [-0.05, 0) is 70.0 Å². The Hall–Kier alpha value is -2.82. The summed E-state index contributed by atoms with van der Waals surface area (Å²) in [5.74, 6) is 0.676. The first kappa shape index (κ1) is 19.9. The lowest BCUT2D eigenvalue weighted by Gasteiger charge is -2.25. The average Bonchev–Trinajstić information content (AvgIpc) is 3.15. The SMILES string of the molecule is Cc1ccc(C(=O)N2CCC[C@@H]2COc2ccc(C(=O)NC(C)C)cc2)cc1. The molecule has 2 aromatic carbocycles. The van der Waals surface area contributed by atoms with Crippen LogP contribution < -0.4 is 10.1 Å². The van der Waals surface area contributed by atoms with E-state index in [0.29, 0.717) is 17.9 Å². The van der Waals surface area contributed by atoms with Crippen LogP contribution in [-0.4, -0.2) is 41.9 Å². The van der Waals surface area contributed by atoms with Crippen molar-refractivity contribution in [2.24, 2.45) is 0 Å². The number of aryl methyl sites for hydroxylation is 1. The molecule has 0 spiro atoms. The Kier molecular flexibility index (Phi) is 6.34. The monoisotopic (exact) mass is 380 g/mol. The van der Waals surface area contributed by atoms with Crippen molar-refractivity contribution in [2.75, 3.05) is 13.2 Å². The van der Waals surface area contributed by atoms with E-state index in [-0.39, 0.29) is 23.9 Å². The van der Waals surface area contributed by atoms with Crippen LogP contribution in [0.3, 0.4) is 0 Å². The molecule has 0 bridgehead atoms. The lowest BCUT2D eigenvalue weighted by molar-refractivity contribution is 0.0691. The Morgan fingerprint density at radius 1 is 1.07 bits per heavy atom. The number of nitrogens with zero attached hydrogens (tertiary/aromatic N) is 1. The molecule has 0 saturated carbocycles. The molecule has 1 heterocycles. The van der Waals surface area contributed by atoms with Gasteiger partial charge in [0.2, 0.25) is 0 Å². The number of carbonyl (C=O) groups is 2. The molecule has 0 aliphatic carbocycles. The van der Waals surface area contributed by atoms with E-state index in [1.54, 1.807) is 24.3 Å². The van der Waals surface area contributed by atoms with Gasteiger partial charge in [0, 0.05) is 23.7 Å². The van der Waals surface area contributed by atoms with Gasteiger partial charge >= 0.3 is 0 Å². The topological polar surface area (TPSA) is 58.6 Å². The van der Waals surface area contributed by atoms with Crippen LogP contribution in [-0.2, 0) is 0 Å². The minimum atomic E-state index is -0.0905. The molecule has 0 radical (unpaired) electrons. The third-order valence-corrected chi connectivity index (χ3v) is 4.92. The van der Waals surface area contributed by atoms with E-state index in [0.717, 1.165) is 30.5 Å². The quantitative estimate of drug-likeness (QED) is 0.829. The molecule has 28 heavy (non-hydrogen) atoms. The van der Waals surface area contributed by atoms with Gasteiger partial charge in [-0.2, -0.15) is 0 Å². The number of nitrogens with one attached hydrogen (secondary N) is 1. The summed E-state index contributed by atoms with van der Waals surface area (Å²) < 4.78 is 5.92. The summed E-state index contributed by atoms with van der Waals surface area (Å²) in [5.41, 5.74) is 2.47. The van der Waals surface area contributed by atoms with E-state index in [1.165, 1.54) is 0 Å². The van der Waals surface area contributed by atoms with Crippen LogP contribution >= 0.6 is 0 Å². The van der Waals surface area contributed by atoms with Crippen molar-refractivity contribution in [1.29, 1.82) is 0 Å². The number of ether oxygens (including phenoxy) is 1. The van der Waals surface area contributed by atoms with Gasteiger partial charge in [-0.1, -0.05) is 17.7 Å². The molecule has 1 fully saturated rings. The lowest BCUT2D eigenvalue weighted by Crippen LogP contribution is -2.39. The van der Waals surface area contributed by atoms with Crippen LogP contribution in [0.2, 0.25) is 0 Å².